The Morgan fingerprint density at radius 2 is 0.813 bits per heavy atom. The summed E-state index contributed by atoms with van der Waals surface area (Å²) < 4.78 is 4.84. The Balaban J connectivity index is 1.05. The van der Waals surface area contributed by atoms with E-state index >= 15 is 0 Å². The molecule has 75 heavy (non-hydrogen) atoms. The van der Waals surface area contributed by atoms with Gasteiger partial charge in [0.25, 0.3) is 0 Å². The van der Waals surface area contributed by atoms with Gasteiger partial charge in [-0.2, -0.15) is 5.26 Å². The van der Waals surface area contributed by atoms with Crippen LogP contribution in [-0.2, 0) is 10.8 Å². The zero-order valence-corrected chi connectivity index (χ0v) is 45.0. The molecule has 0 unspecified atom stereocenters. The maximum absolute atomic E-state index is 9.96. The minimum absolute atomic E-state index is 0.00393. The monoisotopic (exact) mass is 1000 g/mol. The molecule has 6 heteroatoms. The van der Waals surface area contributed by atoms with E-state index < -0.39 is 8.07 Å². The van der Waals surface area contributed by atoms with E-state index in [9.17, 15) is 5.26 Å². The van der Waals surface area contributed by atoms with E-state index in [1.165, 1.54) is 58.6 Å². The molecule has 3 heterocycles. The Bertz CT molecular complexity index is 4080. The number of nitriles is 1. The largest absolute Gasteiger partial charge is 0.309 e. The number of anilines is 3. The second kappa shape index (κ2) is 17.7. The Labute approximate surface area is 444 Å². The molecule has 0 radical (unpaired) electrons. The van der Waals surface area contributed by atoms with Gasteiger partial charge in [0, 0.05) is 48.4 Å². The number of nitrogens with zero attached hydrogens (tertiary/aromatic N) is 4. The van der Waals surface area contributed by atoms with Gasteiger partial charge in [0.1, 0.15) is 0 Å². The minimum atomic E-state index is -2.87. The van der Waals surface area contributed by atoms with E-state index in [2.05, 4.69) is 280 Å². The maximum Gasteiger partial charge on any atom is 0.179 e. The molecule has 12 aromatic rings. The van der Waals surface area contributed by atoms with E-state index in [0.29, 0.717) is 5.56 Å². The SMILES string of the molecule is CC(C)(C)c1ccc2c(c1)c1cc(C(C)(C)C)ccc1n2-c1ccc2c(c1)Sc1cc(-n3c4ccccc4c4cc(C#N)ccc43)ccc1N2c1cccc([Si](c2ccccc2)(c2ccccc2)c2ccccc2)c1. The van der Waals surface area contributed by atoms with Crippen LogP contribution in [-0.4, -0.2) is 17.2 Å². The average molecular weight is 1000 g/mol. The fourth-order valence-electron chi connectivity index (χ4n) is 11.8. The zero-order chi connectivity index (χ0) is 51.2. The molecule has 0 amide bonds. The molecule has 0 atom stereocenters. The smallest absolute Gasteiger partial charge is 0.179 e. The van der Waals surface area contributed by atoms with E-state index in [4.69, 9.17) is 0 Å². The second-order valence-corrected chi connectivity index (χ2v) is 27.0. The molecule has 0 bridgehead atoms. The first kappa shape index (κ1) is 46.4. The Morgan fingerprint density at radius 1 is 0.373 bits per heavy atom. The highest BCUT2D eigenvalue weighted by molar-refractivity contribution is 7.99. The molecule has 362 valence electrons. The van der Waals surface area contributed by atoms with Crippen molar-refractivity contribution >= 4 is 101 Å². The molecule has 1 aliphatic rings. The summed E-state index contributed by atoms with van der Waals surface area (Å²) in [6.07, 6.45) is 0. The van der Waals surface area contributed by atoms with Gasteiger partial charge in [-0.05, 0) is 140 Å². The van der Waals surface area contributed by atoms with Crippen LogP contribution in [0.15, 0.2) is 240 Å². The van der Waals surface area contributed by atoms with Crippen LogP contribution >= 0.6 is 11.8 Å². The summed E-state index contributed by atoms with van der Waals surface area (Å²) in [5, 5.41) is 20.0. The number of para-hydroxylation sites is 1. The summed E-state index contributed by atoms with van der Waals surface area (Å²) in [7, 11) is -2.87. The molecule has 0 saturated carbocycles. The first-order valence-corrected chi connectivity index (χ1v) is 28.8. The quantitative estimate of drug-likeness (QED) is 0.118. The van der Waals surface area contributed by atoms with Crippen LogP contribution in [0.25, 0.3) is 55.0 Å². The standard InChI is InChI=1S/C69H56N4SSi/c1-68(2,3)47-30-35-62-58(40-47)59-41-48(69(4,5)6)31-36-63(59)72(62)51-33-38-65-67(44-51)74-66-43-50(71-60-28-17-16-27-56(60)57-39-46(45-70)29-34-61(57)71)32-37-64(66)73(65)49-19-18-26-55(42-49)75(52-20-10-7-11-21-52,53-22-12-8-13-23-53)54-24-14-9-15-25-54/h7-44H,1-6H3. The van der Waals surface area contributed by atoms with Crippen LogP contribution in [0.3, 0.4) is 0 Å². The van der Waals surface area contributed by atoms with Crippen LogP contribution in [0, 0.1) is 11.3 Å². The highest BCUT2D eigenvalue weighted by Gasteiger charge is 2.42. The third kappa shape index (κ3) is 7.56. The number of fused-ring (bicyclic) bond motifs is 8. The van der Waals surface area contributed by atoms with Crippen molar-refractivity contribution in [3.8, 4) is 17.4 Å². The maximum atomic E-state index is 9.96. The topological polar surface area (TPSA) is 36.9 Å². The van der Waals surface area contributed by atoms with Gasteiger partial charge in [-0.1, -0.05) is 187 Å². The summed E-state index contributed by atoms with van der Waals surface area (Å²) in [5.41, 5.74) is 13.5. The molecule has 4 nitrogen and oxygen atoms in total. The van der Waals surface area contributed by atoms with Crippen molar-refractivity contribution < 1.29 is 0 Å². The fraction of sp³-hybridized carbons (Fsp3) is 0.116. The van der Waals surface area contributed by atoms with E-state index in [1.54, 1.807) is 0 Å². The molecular formula is C69H56N4SSi. The number of benzene rings is 10. The number of hydrogen-bond donors (Lipinski definition) is 0. The van der Waals surface area contributed by atoms with Gasteiger partial charge in [-0.15, -0.1) is 0 Å². The molecule has 0 N–H and O–H groups in total. The average Bonchev–Trinajstić information content (AvgIpc) is 3.97. The Morgan fingerprint density at radius 3 is 1.31 bits per heavy atom. The van der Waals surface area contributed by atoms with Crippen molar-refractivity contribution in [1.29, 1.82) is 5.26 Å². The van der Waals surface area contributed by atoms with Gasteiger partial charge in [-0.25, -0.2) is 0 Å². The van der Waals surface area contributed by atoms with E-state index in [1.807, 2.05) is 23.9 Å². The summed E-state index contributed by atoms with van der Waals surface area (Å²) in [5.74, 6) is 0. The second-order valence-electron chi connectivity index (χ2n) is 22.1. The molecule has 10 aromatic carbocycles. The molecule has 0 fully saturated rings. The van der Waals surface area contributed by atoms with Crippen LogP contribution in [0.2, 0.25) is 0 Å². The normalized spacial score (nSPS) is 12.8. The van der Waals surface area contributed by atoms with Gasteiger partial charge >= 0.3 is 0 Å². The van der Waals surface area contributed by atoms with Crippen molar-refractivity contribution in [3.63, 3.8) is 0 Å². The van der Waals surface area contributed by atoms with Crippen LogP contribution in [0.1, 0.15) is 58.2 Å². The predicted octanol–water partition coefficient (Wildman–Crippen LogP) is 15.7. The van der Waals surface area contributed by atoms with Gasteiger partial charge in [-0.3, -0.25) is 0 Å². The number of hydrogen-bond acceptors (Lipinski definition) is 3. The third-order valence-electron chi connectivity index (χ3n) is 15.6. The number of aromatic nitrogens is 2. The molecule has 0 aliphatic carbocycles. The Kier molecular flexibility index (Phi) is 10.9. The molecule has 1 aliphatic heterocycles. The van der Waals surface area contributed by atoms with E-state index in [0.717, 1.165) is 55.1 Å². The van der Waals surface area contributed by atoms with Gasteiger partial charge in [0.2, 0.25) is 0 Å². The van der Waals surface area contributed by atoms with Gasteiger partial charge in [0.05, 0.1) is 45.1 Å². The molecular weight excluding hydrogens is 945 g/mol. The first-order valence-electron chi connectivity index (χ1n) is 26.0. The zero-order valence-electron chi connectivity index (χ0n) is 43.1. The van der Waals surface area contributed by atoms with Crippen LogP contribution in [0.4, 0.5) is 17.1 Å². The first-order chi connectivity index (χ1) is 36.4. The third-order valence-corrected chi connectivity index (χ3v) is 21.4. The van der Waals surface area contributed by atoms with Crippen LogP contribution in [0.5, 0.6) is 0 Å². The van der Waals surface area contributed by atoms with Crippen molar-refractivity contribution in [1.82, 2.24) is 9.13 Å². The van der Waals surface area contributed by atoms with Gasteiger partial charge < -0.3 is 14.0 Å². The van der Waals surface area contributed by atoms with E-state index in [-0.39, 0.29) is 10.8 Å². The molecule has 13 rings (SSSR count). The summed E-state index contributed by atoms with van der Waals surface area (Å²) in [6, 6.07) is 88.2. The lowest BCUT2D eigenvalue weighted by Crippen LogP contribution is -2.74. The van der Waals surface area contributed by atoms with Crippen LogP contribution < -0.4 is 25.6 Å². The summed E-state index contributed by atoms with van der Waals surface area (Å²) in [4.78, 5) is 4.83. The lowest BCUT2D eigenvalue weighted by molar-refractivity contribution is 0.590. The van der Waals surface area contributed by atoms with Crippen molar-refractivity contribution in [3.05, 3.63) is 247 Å². The lowest BCUT2D eigenvalue weighted by atomic mass is 9.85. The van der Waals surface area contributed by atoms with Crippen molar-refractivity contribution in [2.75, 3.05) is 4.90 Å². The highest BCUT2D eigenvalue weighted by atomic mass is 32.2. The fourth-order valence-corrected chi connectivity index (χ4v) is 17.8. The molecule has 0 saturated heterocycles. The summed E-state index contributed by atoms with van der Waals surface area (Å²) >= 11 is 1.84. The summed E-state index contributed by atoms with van der Waals surface area (Å²) in [6.45, 7) is 13.8. The minimum Gasteiger partial charge on any atom is -0.309 e. The number of rotatable bonds is 7. The van der Waals surface area contributed by atoms with Gasteiger partial charge in [0.15, 0.2) is 8.07 Å². The molecule has 2 aromatic heterocycles. The van der Waals surface area contributed by atoms with Crippen molar-refractivity contribution in [2.45, 2.75) is 62.2 Å². The Hall–Kier alpha value is -8.34. The predicted molar refractivity (Wildman–Crippen MR) is 320 cm³/mol. The molecule has 0 spiro atoms. The highest BCUT2D eigenvalue weighted by Crippen LogP contribution is 2.53. The lowest BCUT2D eigenvalue weighted by Gasteiger charge is -2.37. The van der Waals surface area contributed by atoms with Crippen molar-refractivity contribution in [2.24, 2.45) is 0 Å².